The Morgan fingerprint density at radius 3 is 2.55 bits per heavy atom. The van der Waals surface area contributed by atoms with Crippen LogP contribution in [0, 0.1) is 5.82 Å². The van der Waals surface area contributed by atoms with Gasteiger partial charge in [0.1, 0.15) is 0 Å². The Kier molecular flexibility index (Phi) is 4.66. The van der Waals surface area contributed by atoms with E-state index in [1.165, 1.54) is 16.6 Å². The van der Waals surface area contributed by atoms with Crippen molar-refractivity contribution in [3.05, 3.63) is 22.6 Å². The van der Waals surface area contributed by atoms with Crippen LogP contribution < -0.4 is 4.90 Å². The van der Waals surface area contributed by atoms with E-state index in [9.17, 15) is 12.8 Å². The van der Waals surface area contributed by atoms with Gasteiger partial charge in [-0.05, 0) is 34.8 Å². The molecule has 1 fully saturated rings. The van der Waals surface area contributed by atoms with Crippen LogP contribution in [0.3, 0.4) is 0 Å². The summed E-state index contributed by atoms with van der Waals surface area (Å²) in [5, 5.41) is 0. The molecule has 0 amide bonds. The van der Waals surface area contributed by atoms with Gasteiger partial charge in [-0.25, -0.2) is 22.1 Å². The molecule has 1 aromatic heterocycles. The van der Waals surface area contributed by atoms with E-state index in [0.717, 1.165) is 0 Å². The number of hydrogen-bond acceptors (Lipinski definition) is 4. The summed E-state index contributed by atoms with van der Waals surface area (Å²) in [7, 11) is -1.59. The highest BCUT2D eigenvalue weighted by atomic mass is 79.9. The molecule has 0 bridgehead atoms. The minimum Gasteiger partial charge on any atom is -0.354 e. The van der Waals surface area contributed by atoms with Gasteiger partial charge in [-0.1, -0.05) is 0 Å². The molecule has 112 valence electrons. The summed E-state index contributed by atoms with van der Waals surface area (Å²) in [5.74, 6) is -0.0389. The second kappa shape index (κ2) is 5.95. The predicted octanol–water partition coefficient (Wildman–Crippen LogP) is 1.84. The largest absolute Gasteiger partial charge is 0.354 e. The van der Waals surface area contributed by atoms with Crippen LogP contribution in [0.5, 0.6) is 0 Å². The van der Waals surface area contributed by atoms with Gasteiger partial charge in [0.2, 0.25) is 10.0 Å². The third-order valence-corrected chi connectivity index (χ3v) is 5.37. The SMILES string of the molecule is CN(C1CCN(c2ncc(Br)cc2F)CC1)S(C)(=O)=O. The Morgan fingerprint density at radius 2 is 2.05 bits per heavy atom. The van der Waals surface area contributed by atoms with Gasteiger partial charge in [0.15, 0.2) is 11.6 Å². The van der Waals surface area contributed by atoms with Gasteiger partial charge in [-0.3, -0.25) is 0 Å². The van der Waals surface area contributed by atoms with Crippen molar-refractivity contribution in [1.82, 2.24) is 9.29 Å². The molecule has 2 heterocycles. The molecule has 8 heteroatoms. The molecule has 5 nitrogen and oxygen atoms in total. The molecule has 0 atom stereocenters. The molecule has 1 aliphatic rings. The van der Waals surface area contributed by atoms with E-state index < -0.39 is 10.0 Å². The summed E-state index contributed by atoms with van der Waals surface area (Å²) in [4.78, 5) is 5.95. The first-order chi connectivity index (χ1) is 9.29. The Bertz CT molecular complexity index is 588. The van der Waals surface area contributed by atoms with Crippen LogP contribution in [-0.2, 0) is 10.0 Å². The first-order valence-corrected chi connectivity index (χ1v) is 8.92. The molecule has 0 radical (unpaired) electrons. The van der Waals surface area contributed by atoms with Gasteiger partial charge < -0.3 is 4.90 Å². The molecule has 1 saturated heterocycles. The third kappa shape index (κ3) is 3.48. The minimum absolute atomic E-state index is 0.0280. The standard InChI is InChI=1S/C12H17BrFN3O2S/c1-16(20(2,18)19)10-3-5-17(6-4-10)12-11(14)7-9(13)8-15-12/h7-8,10H,3-6H2,1-2H3. The zero-order valence-electron chi connectivity index (χ0n) is 11.4. The highest BCUT2D eigenvalue weighted by Gasteiger charge is 2.28. The summed E-state index contributed by atoms with van der Waals surface area (Å²) in [6.07, 6.45) is 4.10. The van der Waals surface area contributed by atoms with Gasteiger partial charge >= 0.3 is 0 Å². The number of sulfonamides is 1. The summed E-state index contributed by atoms with van der Waals surface area (Å²) < 4.78 is 38.9. The molecular weight excluding hydrogens is 349 g/mol. The van der Waals surface area contributed by atoms with Gasteiger partial charge in [-0.15, -0.1) is 0 Å². The molecule has 0 spiro atoms. The lowest BCUT2D eigenvalue weighted by molar-refractivity contribution is 0.312. The zero-order valence-corrected chi connectivity index (χ0v) is 13.8. The van der Waals surface area contributed by atoms with Gasteiger partial charge in [-0.2, -0.15) is 0 Å². The molecule has 2 rings (SSSR count). The van der Waals surface area contributed by atoms with Crippen molar-refractivity contribution in [1.29, 1.82) is 0 Å². The number of nitrogens with zero attached hydrogens (tertiary/aromatic N) is 3. The molecular formula is C12H17BrFN3O2S. The van der Waals surface area contributed by atoms with Crippen molar-refractivity contribution < 1.29 is 12.8 Å². The van der Waals surface area contributed by atoms with Crippen molar-refractivity contribution in [2.45, 2.75) is 18.9 Å². The van der Waals surface area contributed by atoms with Crippen LogP contribution in [0.1, 0.15) is 12.8 Å². The number of halogens is 2. The molecule has 0 aliphatic carbocycles. The van der Waals surface area contributed by atoms with Crippen molar-refractivity contribution in [3.63, 3.8) is 0 Å². The summed E-state index contributed by atoms with van der Waals surface area (Å²) in [6, 6.07) is 1.36. The number of piperidine rings is 1. The molecule has 0 N–H and O–H groups in total. The maximum absolute atomic E-state index is 13.8. The normalized spacial score (nSPS) is 17.8. The first kappa shape index (κ1) is 15.7. The van der Waals surface area contributed by atoms with E-state index in [1.807, 2.05) is 4.90 Å². The van der Waals surface area contributed by atoms with E-state index >= 15 is 0 Å². The fourth-order valence-corrected chi connectivity index (χ4v) is 3.41. The van der Waals surface area contributed by atoms with Crippen LogP contribution in [0.2, 0.25) is 0 Å². The van der Waals surface area contributed by atoms with Crippen molar-refractivity contribution in [3.8, 4) is 0 Å². The maximum Gasteiger partial charge on any atom is 0.211 e. The van der Waals surface area contributed by atoms with Crippen LogP contribution in [0.15, 0.2) is 16.7 Å². The van der Waals surface area contributed by atoms with E-state index in [4.69, 9.17) is 0 Å². The fourth-order valence-electron chi connectivity index (χ4n) is 2.35. The maximum atomic E-state index is 13.8. The highest BCUT2D eigenvalue weighted by Crippen LogP contribution is 2.25. The smallest absolute Gasteiger partial charge is 0.211 e. The molecule has 1 aromatic rings. The second-order valence-corrected chi connectivity index (χ2v) is 7.91. The van der Waals surface area contributed by atoms with E-state index in [2.05, 4.69) is 20.9 Å². The van der Waals surface area contributed by atoms with E-state index in [-0.39, 0.29) is 11.9 Å². The number of aromatic nitrogens is 1. The summed E-state index contributed by atoms with van der Waals surface area (Å²) >= 11 is 3.18. The van der Waals surface area contributed by atoms with Gasteiger partial charge in [0, 0.05) is 36.8 Å². The zero-order chi connectivity index (χ0) is 14.9. The van der Waals surface area contributed by atoms with Crippen LogP contribution in [0.25, 0.3) is 0 Å². The predicted molar refractivity (Wildman–Crippen MR) is 79.7 cm³/mol. The average molecular weight is 366 g/mol. The number of hydrogen-bond donors (Lipinski definition) is 0. The number of rotatable bonds is 3. The second-order valence-electron chi connectivity index (χ2n) is 4.96. The van der Waals surface area contributed by atoms with Crippen LogP contribution in [0.4, 0.5) is 10.2 Å². The van der Waals surface area contributed by atoms with E-state index in [0.29, 0.717) is 36.2 Å². The lowest BCUT2D eigenvalue weighted by Crippen LogP contribution is -2.45. The quantitative estimate of drug-likeness (QED) is 0.819. The average Bonchev–Trinajstić information content (AvgIpc) is 2.37. The monoisotopic (exact) mass is 365 g/mol. The van der Waals surface area contributed by atoms with Gasteiger partial charge in [0.05, 0.1) is 6.26 Å². The summed E-state index contributed by atoms with van der Waals surface area (Å²) in [6.45, 7) is 1.19. The molecule has 1 aliphatic heterocycles. The summed E-state index contributed by atoms with van der Waals surface area (Å²) in [5.41, 5.74) is 0. The number of anilines is 1. The van der Waals surface area contributed by atoms with Crippen molar-refractivity contribution in [2.75, 3.05) is 31.3 Å². The molecule has 0 saturated carbocycles. The topological polar surface area (TPSA) is 53.5 Å². The molecule has 0 aromatic carbocycles. The van der Waals surface area contributed by atoms with Crippen LogP contribution in [-0.4, -0.2) is 50.1 Å². The fraction of sp³-hybridized carbons (Fsp3) is 0.583. The number of pyridine rings is 1. The first-order valence-electron chi connectivity index (χ1n) is 6.28. The highest BCUT2D eigenvalue weighted by molar-refractivity contribution is 9.10. The minimum atomic E-state index is -3.18. The lowest BCUT2D eigenvalue weighted by atomic mass is 10.1. The van der Waals surface area contributed by atoms with Gasteiger partial charge in [0.25, 0.3) is 0 Å². The molecule has 20 heavy (non-hydrogen) atoms. The lowest BCUT2D eigenvalue weighted by Gasteiger charge is -2.36. The van der Waals surface area contributed by atoms with Crippen molar-refractivity contribution >= 4 is 31.8 Å². The third-order valence-electron chi connectivity index (χ3n) is 3.59. The Balaban J connectivity index is 2.04. The Morgan fingerprint density at radius 1 is 1.45 bits per heavy atom. The molecule has 0 unspecified atom stereocenters. The van der Waals surface area contributed by atoms with Crippen LogP contribution >= 0.6 is 15.9 Å². The Hall–Kier alpha value is -0.730. The van der Waals surface area contributed by atoms with Crippen molar-refractivity contribution in [2.24, 2.45) is 0 Å². The van der Waals surface area contributed by atoms with E-state index in [1.54, 1.807) is 13.2 Å². The Labute approximate surface area is 127 Å².